The van der Waals surface area contributed by atoms with Crippen LogP contribution in [0.4, 0.5) is 0 Å². The van der Waals surface area contributed by atoms with E-state index in [1.54, 1.807) is 31.2 Å². The van der Waals surface area contributed by atoms with Gasteiger partial charge < -0.3 is 18.6 Å². The lowest BCUT2D eigenvalue weighted by molar-refractivity contribution is 0.0445. The lowest BCUT2D eigenvalue weighted by Crippen LogP contribution is -2.14. The van der Waals surface area contributed by atoms with Crippen molar-refractivity contribution in [2.24, 2.45) is 0 Å². The fourth-order valence-corrected chi connectivity index (χ4v) is 2.99. The molecular formula is C21H18O6. The predicted octanol–water partition coefficient (Wildman–Crippen LogP) is 3.94. The number of ketones is 1. The van der Waals surface area contributed by atoms with Crippen molar-refractivity contribution in [1.82, 2.24) is 0 Å². The number of aryl methyl sites for hydroxylation is 1. The van der Waals surface area contributed by atoms with E-state index in [2.05, 4.69) is 0 Å². The maximum Gasteiger partial charge on any atom is 0.375 e. The van der Waals surface area contributed by atoms with E-state index in [-0.39, 0.29) is 18.2 Å². The SMILES string of the molecule is Cc1c(C(=O)OCC(=O)c2ccc3c(c2)OCCCO3)oc2ccccc12. The summed E-state index contributed by atoms with van der Waals surface area (Å²) in [4.78, 5) is 24.7. The number of esters is 1. The maximum atomic E-state index is 12.4. The van der Waals surface area contributed by atoms with Gasteiger partial charge in [0.05, 0.1) is 13.2 Å². The molecule has 1 aliphatic heterocycles. The third-order valence-electron chi connectivity index (χ3n) is 4.43. The van der Waals surface area contributed by atoms with E-state index in [1.807, 2.05) is 18.2 Å². The van der Waals surface area contributed by atoms with Gasteiger partial charge in [-0.1, -0.05) is 18.2 Å². The summed E-state index contributed by atoms with van der Waals surface area (Å²) in [6.45, 7) is 2.52. The number of benzene rings is 2. The Kier molecular flexibility index (Phi) is 4.54. The first kappa shape index (κ1) is 17.1. The molecule has 0 bridgehead atoms. The van der Waals surface area contributed by atoms with Gasteiger partial charge >= 0.3 is 5.97 Å². The molecule has 1 aromatic heterocycles. The first-order valence-electron chi connectivity index (χ1n) is 8.71. The van der Waals surface area contributed by atoms with Crippen LogP contribution in [0.15, 0.2) is 46.9 Å². The summed E-state index contributed by atoms with van der Waals surface area (Å²) in [6.07, 6.45) is 0.784. The van der Waals surface area contributed by atoms with Crippen LogP contribution in [-0.2, 0) is 4.74 Å². The molecule has 6 heteroatoms. The summed E-state index contributed by atoms with van der Waals surface area (Å²) in [7, 11) is 0. The Hall–Kier alpha value is -3.28. The van der Waals surface area contributed by atoms with Gasteiger partial charge in [-0.05, 0) is 31.2 Å². The number of Topliss-reactive ketones (excluding diaryl/α,β-unsaturated/α-hetero) is 1. The van der Waals surface area contributed by atoms with Crippen molar-refractivity contribution in [2.75, 3.05) is 19.8 Å². The van der Waals surface area contributed by atoms with E-state index >= 15 is 0 Å². The molecule has 1 aliphatic rings. The second-order valence-electron chi connectivity index (χ2n) is 6.26. The molecule has 6 nitrogen and oxygen atoms in total. The van der Waals surface area contributed by atoms with Gasteiger partial charge in [0.1, 0.15) is 5.58 Å². The summed E-state index contributed by atoms with van der Waals surface area (Å²) >= 11 is 0. The minimum absolute atomic E-state index is 0.114. The highest BCUT2D eigenvalue weighted by Gasteiger charge is 2.21. The molecule has 2 aromatic carbocycles. The normalized spacial score (nSPS) is 13.2. The van der Waals surface area contributed by atoms with Crippen LogP contribution in [-0.4, -0.2) is 31.6 Å². The quantitative estimate of drug-likeness (QED) is 0.514. The number of rotatable bonds is 4. The third-order valence-corrected chi connectivity index (χ3v) is 4.43. The lowest BCUT2D eigenvalue weighted by Gasteiger charge is -2.09. The molecule has 0 spiro atoms. The van der Waals surface area contributed by atoms with E-state index in [9.17, 15) is 9.59 Å². The van der Waals surface area contributed by atoms with Gasteiger partial charge in [-0.3, -0.25) is 4.79 Å². The van der Waals surface area contributed by atoms with Gasteiger partial charge in [-0.25, -0.2) is 4.79 Å². The van der Waals surface area contributed by atoms with Crippen LogP contribution in [0.1, 0.15) is 32.9 Å². The van der Waals surface area contributed by atoms with Gasteiger partial charge in [0.2, 0.25) is 5.76 Å². The van der Waals surface area contributed by atoms with E-state index in [1.165, 1.54) is 0 Å². The largest absolute Gasteiger partial charge is 0.490 e. The standard InChI is InChI=1S/C21H18O6/c1-13-15-5-2-3-6-17(15)27-20(13)21(23)26-12-16(22)14-7-8-18-19(11-14)25-10-4-9-24-18/h2-3,5-8,11H,4,9-10,12H2,1H3. The van der Waals surface area contributed by atoms with Crippen molar-refractivity contribution in [3.05, 3.63) is 59.4 Å². The van der Waals surface area contributed by atoms with E-state index < -0.39 is 5.97 Å². The van der Waals surface area contributed by atoms with Crippen molar-refractivity contribution in [1.29, 1.82) is 0 Å². The zero-order chi connectivity index (χ0) is 18.8. The molecule has 0 fully saturated rings. The van der Waals surface area contributed by atoms with Crippen molar-refractivity contribution in [3.8, 4) is 11.5 Å². The number of carbonyl (C=O) groups is 2. The van der Waals surface area contributed by atoms with Crippen LogP contribution in [0.2, 0.25) is 0 Å². The number of hydrogen-bond acceptors (Lipinski definition) is 6. The van der Waals surface area contributed by atoms with Crippen LogP contribution >= 0.6 is 0 Å². The van der Waals surface area contributed by atoms with Crippen molar-refractivity contribution >= 4 is 22.7 Å². The average Bonchev–Trinajstić information content (AvgIpc) is 2.87. The Morgan fingerprint density at radius 3 is 2.63 bits per heavy atom. The Morgan fingerprint density at radius 2 is 1.81 bits per heavy atom. The van der Waals surface area contributed by atoms with Gasteiger partial charge in [0.15, 0.2) is 23.9 Å². The molecule has 0 saturated heterocycles. The monoisotopic (exact) mass is 366 g/mol. The Balaban J connectivity index is 1.46. The lowest BCUT2D eigenvalue weighted by atomic mass is 10.1. The van der Waals surface area contributed by atoms with E-state index in [4.69, 9.17) is 18.6 Å². The minimum Gasteiger partial charge on any atom is -0.490 e. The molecule has 0 N–H and O–H groups in total. The molecule has 2 heterocycles. The number of carbonyl (C=O) groups excluding carboxylic acids is 2. The molecule has 3 aromatic rings. The molecule has 0 atom stereocenters. The Labute approximate surface area is 155 Å². The fourth-order valence-electron chi connectivity index (χ4n) is 2.99. The summed E-state index contributed by atoms with van der Waals surface area (Å²) in [5.74, 6) is 0.263. The molecule has 27 heavy (non-hydrogen) atoms. The summed E-state index contributed by atoms with van der Waals surface area (Å²) < 4.78 is 21.9. The maximum absolute atomic E-state index is 12.4. The molecule has 0 saturated carbocycles. The van der Waals surface area contributed by atoms with Crippen LogP contribution < -0.4 is 9.47 Å². The zero-order valence-corrected chi connectivity index (χ0v) is 14.8. The molecular weight excluding hydrogens is 348 g/mol. The number of fused-ring (bicyclic) bond motifs is 2. The predicted molar refractivity (Wildman–Crippen MR) is 97.6 cm³/mol. The van der Waals surface area contributed by atoms with Gasteiger partial charge in [0, 0.05) is 22.9 Å². The van der Waals surface area contributed by atoms with E-state index in [0.29, 0.717) is 41.4 Å². The van der Waals surface area contributed by atoms with E-state index in [0.717, 1.165) is 11.8 Å². The fraction of sp³-hybridized carbons (Fsp3) is 0.238. The third kappa shape index (κ3) is 3.38. The van der Waals surface area contributed by atoms with Crippen LogP contribution in [0.5, 0.6) is 11.5 Å². The summed E-state index contributed by atoms with van der Waals surface area (Å²) in [5.41, 5.74) is 1.70. The number of hydrogen-bond donors (Lipinski definition) is 0. The second kappa shape index (κ2) is 7.15. The molecule has 4 rings (SSSR count). The molecule has 138 valence electrons. The number of para-hydroxylation sites is 1. The molecule has 0 unspecified atom stereocenters. The highest BCUT2D eigenvalue weighted by molar-refractivity contribution is 6.00. The minimum atomic E-state index is -0.661. The van der Waals surface area contributed by atoms with Crippen molar-refractivity contribution in [2.45, 2.75) is 13.3 Å². The van der Waals surface area contributed by atoms with Crippen molar-refractivity contribution in [3.63, 3.8) is 0 Å². The first-order valence-corrected chi connectivity index (χ1v) is 8.71. The van der Waals surface area contributed by atoms with Crippen LogP contribution in [0, 0.1) is 6.92 Å². The number of ether oxygens (including phenoxy) is 3. The highest BCUT2D eigenvalue weighted by Crippen LogP contribution is 2.30. The molecule has 0 radical (unpaired) electrons. The zero-order valence-electron chi connectivity index (χ0n) is 14.8. The first-order chi connectivity index (χ1) is 13.1. The number of furan rings is 1. The van der Waals surface area contributed by atoms with Gasteiger partial charge in [0.25, 0.3) is 0 Å². The highest BCUT2D eigenvalue weighted by atomic mass is 16.5. The molecule has 0 amide bonds. The van der Waals surface area contributed by atoms with Crippen LogP contribution in [0.25, 0.3) is 11.0 Å². The Bertz CT molecular complexity index is 1020. The van der Waals surface area contributed by atoms with Crippen LogP contribution in [0.3, 0.4) is 0 Å². The summed E-state index contributed by atoms with van der Waals surface area (Å²) in [6, 6.07) is 12.3. The second-order valence-corrected chi connectivity index (χ2v) is 6.26. The van der Waals surface area contributed by atoms with Gasteiger partial charge in [-0.15, -0.1) is 0 Å². The summed E-state index contributed by atoms with van der Waals surface area (Å²) in [5, 5.41) is 0.846. The average molecular weight is 366 g/mol. The topological polar surface area (TPSA) is 75.0 Å². The molecule has 0 aliphatic carbocycles. The van der Waals surface area contributed by atoms with Crippen molar-refractivity contribution < 1.29 is 28.2 Å². The van der Waals surface area contributed by atoms with Gasteiger partial charge in [-0.2, -0.15) is 0 Å². The Morgan fingerprint density at radius 1 is 1.04 bits per heavy atom. The smallest absolute Gasteiger partial charge is 0.375 e.